The zero-order valence-electron chi connectivity index (χ0n) is 14.2. The first-order valence-electron chi connectivity index (χ1n) is 8.21. The minimum atomic E-state index is -0.628. The SMILES string of the molecule is CC#Cc1cc(C)c(C2C(=O)CCCOCCCC2=O)c(C)c1. The lowest BCUT2D eigenvalue weighted by molar-refractivity contribution is -0.130. The van der Waals surface area contributed by atoms with E-state index >= 15 is 0 Å². The molecule has 1 saturated heterocycles. The Balaban J connectivity index is 2.43. The van der Waals surface area contributed by atoms with Crippen LogP contribution in [-0.2, 0) is 14.3 Å². The summed E-state index contributed by atoms with van der Waals surface area (Å²) in [5, 5.41) is 0. The molecule has 0 amide bonds. The summed E-state index contributed by atoms with van der Waals surface area (Å²) in [6.07, 6.45) is 2.15. The van der Waals surface area contributed by atoms with Crippen LogP contribution in [0.4, 0.5) is 0 Å². The molecule has 0 N–H and O–H groups in total. The van der Waals surface area contributed by atoms with Crippen LogP contribution in [-0.4, -0.2) is 24.8 Å². The Bertz CT molecular complexity index is 618. The Morgan fingerprint density at radius 2 is 1.52 bits per heavy atom. The number of carbonyl (C=O) groups excluding carboxylic acids is 2. The molecule has 2 rings (SSSR count). The van der Waals surface area contributed by atoms with Gasteiger partial charge >= 0.3 is 0 Å². The van der Waals surface area contributed by atoms with E-state index in [2.05, 4.69) is 11.8 Å². The first kappa shape index (κ1) is 17.4. The lowest BCUT2D eigenvalue weighted by Gasteiger charge is -2.21. The number of hydrogen-bond acceptors (Lipinski definition) is 3. The third-order valence-electron chi connectivity index (χ3n) is 4.22. The van der Waals surface area contributed by atoms with Crippen LogP contribution in [0.5, 0.6) is 0 Å². The molecule has 23 heavy (non-hydrogen) atoms. The van der Waals surface area contributed by atoms with E-state index in [9.17, 15) is 9.59 Å². The van der Waals surface area contributed by atoms with Crippen molar-refractivity contribution in [3.05, 3.63) is 34.4 Å². The van der Waals surface area contributed by atoms with Gasteiger partial charge in [0.05, 0.1) is 0 Å². The molecule has 1 aliphatic heterocycles. The van der Waals surface area contributed by atoms with E-state index in [4.69, 9.17) is 4.74 Å². The monoisotopic (exact) mass is 312 g/mol. The molecule has 1 aromatic rings. The molecule has 0 atom stereocenters. The quantitative estimate of drug-likeness (QED) is 0.589. The number of rotatable bonds is 1. The third kappa shape index (κ3) is 4.30. The van der Waals surface area contributed by atoms with Crippen LogP contribution in [0.15, 0.2) is 12.1 Å². The molecule has 0 radical (unpaired) electrons. The van der Waals surface area contributed by atoms with Gasteiger partial charge in [-0.25, -0.2) is 0 Å². The average Bonchev–Trinajstić information content (AvgIpc) is 2.49. The second kappa shape index (κ2) is 8.08. The molecule has 1 heterocycles. The largest absolute Gasteiger partial charge is 0.381 e. The maximum absolute atomic E-state index is 12.7. The molecule has 1 aliphatic rings. The first-order chi connectivity index (χ1) is 11.0. The predicted octanol–water partition coefficient (Wildman–Crippen LogP) is 3.49. The number of Topliss-reactive ketones (excluding diaryl/α,β-unsaturated/α-hetero) is 2. The third-order valence-corrected chi connectivity index (χ3v) is 4.22. The van der Waals surface area contributed by atoms with E-state index in [1.54, 1.807) is 6.92 Å². The highest BCUT2D eigenvalue weighted by Crippen LogP contribution is 2.30. The van der Waals surface area contributed by atoms with E-state index in [0.717, 1.165) is 22.3 Å². The zero-order chi connectivity index (χ0) is 16.8. The van der Waals surface area contributed by atoms with Gasteiger partial charge in [-0.2, -0.15) is 0 Å². The number of ether oxygens (including phenoxy) is 1. The molecule has 3 nitrogen and oxygen atoms in total. The Morgan fingerprint density at radius 3 is 2.00 bits per heavy atom. The van der Waals surface area contributed by atoms with Crippen LogP contribution < -0.4 is 0 Å². The molecule has 0 unspecified atom stereocenters. The molecule has 122 valence electrons. The molecule has 0 spiro atoms. The zero-order valence-corrected chi connectivity index (χ0v) is 14.2. The Kier molecular flexibility index (Phi) is 6.12. The molecule has 0 bridgehead atoms. The summed E-state index contributed by atoms with van der Waals surface area (Å²) in [5.41, 5.74) is 3.76. The van der Waals surface area contributed by atoms with Gasteiger partial charge in [-0.05, 0) is 62.4 Å². The molecule has 3 heteroatoms. The van der Waals surface area contributed by atoms with Crippen molar-refractivity contribution in [2.24, 2.45) is 0 Å². The Hall–Kier alpha value is -1.92. The molecule has 1 aromatic carbocycles. The van der Waals surface area contributed by atoms with Gasteiger partial charge < -0.3 is 4.74 Å². The van der Waals surface area contributed by atoms with Crippen molar-refractivity contribution >= 4 is 11.6 Å². The number of ketones is 2. The summed E-state index contributed by atoms with van der Waals surface area (Å²) >= 11 is 0. The topological polar surface area (TPSA) is 43.4 Å². The van der Waals surface area contributed by atoms with Crippen LogP contribution in [0, 0.1) is 25.7 Å². The molecular formula is C20H24O3. The molecule has 1 fully saturated rings. The average molecular weight is 312 g/mol. The maximum atomic E-state index is 12.7. The highest BCUT2D eigenvalue weighted by molar-refractivity contribution is 6.08. The van der Waals surface area contributed by atoms with Gasteiger partial charge in [0.25, 0.3) is 0 Å². The minimum Gasteiger partial charge on any atom is -0.381 e. The molecule has 0 aromatic heterocycles. The fourth-order valence-electron chi connectivity index (χ4n) is 3.24. The molecular weight excluding hydrogens is 288 g/mol. The first-order valence-corrected chi connectivity index (χ1v) is 8.21. The van der Waals surface area contributed by atoms with Crippen molar-refractivity contribution < 1.29 is 14.3 Å². The smallest absolute Gasteiger partial charge is 0.147 e. The number of hydrogen-bond donors (Lipinski definition) is 0. The standard InChI is InChI=1S/C20H24O3/c1-4-7-16-12-14(2)19(15(3)13-16)20-17(21)8-5-10-23-11-6-9-18(20)22/h12-13,20H,5-6,8-11H2,1-3H3. The van der Waals surface area contributed by atoms with Crippen LogP contribution in [0.3, 0.4) is 0 Å². The van der Waals surface area contributed by atoms with Gasteiger partial charge in [-0.1, -0.05) is 5.92 Å². The summed E-state index contributed by atoms with van der Waals surface area (Å²) < 4.78 is 5.42. The van der Waals surface area contributed by atoms with Gasteiger partial charge in [0.2, 0.25) is 0 Å². The Labute approximate surface area is 138 Å². The predicted molar refractivity (Wildman–Crippen MR) is 90.5 cm³/mol. The minimum absolute atomic E-state index is 0.0148. The number of benzene rings is 1. The van der Waals surface area contributed by atoms with E-state index in [0.29, 0.717) is 38.9 Å². The summed E-state index contributed by atoms with van der Waals surface area (Å²) in [4.78, 5) is 25.3. The van der Waals surface area contributed by atoms with Crippen LogP contribution in [0.25, 0.3) is 0 Å². The summed E-state index contributed by atoms with van der Waals surface area (Å²) in [6.45, 7) is 6.91. The highest BCUT2D eigenvalue weighted by Gasteiger charge is 2.30. The van der Waals surface area contributed by atoms with Crippen LogP contribution >= 0.6 is 0 Å². The van der Waals surface area contributed by atoms with Crippen molar-refractivity contribution in [3.63, 3.8) is 0 Å². The number of aryl methyl sites for hydroxylation is 2. The molecule has 0 aliphatic carbocycles. The maximum Gasteiger partial charge on any atom is 0.147 e. The number of carbonyl (C=O) groups is 2. The van der Waals surface area contributed by atoms with Gasteiger partial charge in [0, 0.05) is 31.6 Å². The summed E-state index contributed by atoms with van der Waals surface area (Å²) in [6, 6.07) is 3.95. The van der Waals surface area contributed by atoms with Crippen molar-refractivity contribution in [1.29, 1.82) is 0 Å². The lowest BCUT2D eigenvalue weighted by Crippen LogP contribution is -2.25. The van der Waals surface area contributed by atoms with Crippen molar-refractivity contribution in [1.82, 2.24) is 0 Å². The van der Waals surface area contributed by atoms with Gasteiger partial charge in [-0.3, -0.25) is 9.59 Å². The summed E-state index contributed by atoms with van der Waals surface area (Å²) in [5.74, 6) is 5.34. The fraction of sp³-hybridized carbons (Fsp3) is 0.500. The summed E-state index contributed by atoms with van der Waals surface area (Å²) in [7, 11) is 0. The van der Waals surface area contributed by atoms with Crippen molar-refractivity contribution in [2.45, 2.75) is 52.4 Å². The fourth-order valence-corrected chi connectivity index (χ4v) is 3.24. The lowest BCUT2D eigenvalue weighted by atomic mass is 9.81. The van der Waals surface area contributed by atoms with Gasteiger partial charge in [0.15, 0.2) is 0 Å². The second-order valence-corrected chi connectivity index (χ2v) is 6.08. The van der Waals surface area contributed by atoms with E-state index < -0.39 is 5.92 Å². The van der Waals surface area contributed by atoms with Gasteiger partial charge in [-0.15, -0.1) is 5.92 Å². The van der Waals surface area contributed by atoms with E-state index in [1.165, 1.54) is 0 Å². The highest BCUT2D eigenvalue weighted by atomic mass is 16.5. The normalized spacial score (nSPS) is 17.5. The molecule has 0 saturated carbocycles. The second-order valence-electron chi connectivity index (χ2n) is 6.08. The van der Waals surface area contributed by atoms with Crippen LogP contribution in [0.2, 0.25) is 0 Å². The van der Waals surface area contributed by atoms with Crippen LogP contribution in [0.1, 0.15) is 60.8 Å². The van der Waals surface area contributed by atoms with Crippen molar-refractivity contribution in [3.8, 4) is 11.8 Å². The van der Waals surface area contributed by atoms with Crippen molar-refractivity contribution in [2.75, 3.05) is 13.2 Å². The van der Waals surface area contributed by atoms with Gasteiger partial charge in [0.1, 0.15) is 17.5 Å². The van der Waals surface area contributed by atoms with E-state index in [1.807, 2.05) is 26.0 Å². The Morgan fingerprint density at radius 1 is 1.00 bits per heavy atom. The van der Waals surface area contributed by atoms with E-state index in [-0.39, 0.29) is 11.6 Å².